The van der Waals surface area contributed by atoms with E-state index in [9.17, 15) is 4.79 Å². The second kappa shape index (κ2) is 9.27. The third-order valence-corrected chi connectivity index (χ3v) is 3.55. The van der Waals surface area contributed by atoms with Gasteiger partial charge in [0.2, 0.25) is 0 Å². The number of carbonyl (C=O) groups excluding carboxylic acids is 1. The minimum Gasteiger partial charge on any atom is -0.497 e. The predicted octanol–water partition coefficient (Wildman–Crippen LogP) is 3.49. The van der Waals surface area contributed by atoms with Gasteiger partial charge in [-0.15, -0.1) is 0 Å². The van der Waals surface area contributed by atoms with Crippen molar-refractivity contribution in [2.75, 3.05) is 39.3 Å². The normalized spacial score (nSPS) is 11.1. The number of hydroxylamine groups is 2. The molecule has 0 atom stereocenters. The van der Waals surface area contributed by atoms with Crippen LogP contribution in [0.2, 0.25) is 0 Å². The fourth-order valence-corrected chi connectivity index (χ4v) is 2.02. The molecule has 0 aliphatic heterocycles. The summed E-state index contributed by atoms with van der Waals surface area (Å²) in [6.07, 6.45) is 1.56. The molecule has 0 radical (unpaired) electrons. The predicted molar refractivity (Wildman–Crippen MR) is 92.5 cm³/mol. The highest BCUT2D eigenvalue weighted by molar-refractivity contribution is 6.29. The third-order valence-electron chi connectivity index (χ3n) is 3.22. The lowest BCUT2D eigenvalue weighted by molar-refractivity contribution is -0.0991. The average molecular weight is 342 g/mol. The average Bonchev–Trinajstić information content (AvgIpc) is 2.58. The number of nitrogens with zero attached hydrogens (tertiary/aromatic N) is 3. The first kappa shape index (κ1) is 19.1. The lowest BCUT2D eigenvalue weighted by Crippen LogP contribution is -2.38. The molecule has 7 heteroatoms. The molecule has 2 amide bonds. The SMILES string of the molecule is CCON(C)/C(Cl)=C\N(CC)C(=O)N(C)c1ccc(OC)cc1. The fraction of sp³-hybridized carbons (Fsp3) is 0.438. The molecule has 0 spiro atoms. The number of carbonyl (C=O) groups is 1. The van der Waals surface area contributed by atoms with E-state index in [1.165, 1.54) is 9.96 Å². The zero-order chi connectivity index (χ0) is 17.4. The van der Waals surface area contributed by atoms with Gasteiger partial charge in [0.05, 0.1) is 13.7 Å². The number of anilines is 1. The maximum atomic E-state index is 12.6. The molecule has 0 aliphatic carbocycles. The van der Waals surface area contributed by atoms with Crippen LogP contribution < -0.4 is 9.64 Å². The molecule has 23 heavy (non-hydrogen) atoms. The molecular weight excluding hydrogens is 318 g/mol. The summed E-state index contributed by atoms with van der Waals surface area (Å²) >= 11 is 6.15. The molecule has 0 fully saturated rings. The molecule has 0 N–H and O–H groups in total. The van der Waals surface area contributed by atoms with Gasteiger partial charge in [-0.05, 0) is 38.1 Å². The van der Waals surface area contributed by atoms with Crippen LogP contribution in [0.25, 0.3) is 0 Å². The molecule has 128 valence electrons. The van der Waals surface area contributed by atoms with E-state index in [0.29, 0.717) is 18.3 Å². The minimum atomic E-state index is -0.194. The second-order valence-electron chi connectivity index (χ2n) is 4.69. The van der Waals surface area contributed by atoms with Gasteiger partial charge >= 0.3 is 6.03 Å². The Balaban J connectivity index is 2.87. The minimum absolute atomic E-state index is 0.194. The van der Waals surface area contributed by atoms with Gasteiger partial charge in [-0.1, -0.05) is 11.6 Å². The van der Waals surface area contributed by atoms with Crippen molar-refractivity contribution in [2.24, 2.45) is 0 Å². The molecule has 0 heterocycles. The number of ether oxygens (including phenoxy) is 1. The molecule has 6 nitrogen and oxygen atoms in total. The summed E-state index contributed by atoms with van der Waals surface area (Å²) in [6, 6.07) is 7.06. The van der Waals surface area contributed by atoms with Crippen LogP contribution in [0.15, 0.2) is 35.6 Å². The topological polar surface area (TPSA) is 45.2 Å². The van der Waals surface area contributed by atoms with Crippen molar-refractivity contribution in [3.8, 4) is 5.75 Å². The lowest BCUT2D eigenvalue weighted by atomic mass is 10.3. The van der Waals surface area contributed by atoms with Gasteiger partial charge in [0.1, 0.15) is 10.9 Å². The lowest BCUT2D eigenvalue weighted by Gasteiger charge is -2.26. The van der Waals surface area contributed by atoms with Gasteiger partial charge in [0, 0.05) is 32.5 Å². The highest BCUT2D eigenvalue weighted by Crippen LogP contribution is 2.20. The Morgan fingerprint density at radius 3 is 2.30 bits per heavy atom. The van der Waals surface area contributed by atoms with Crippen molar-refractivity contribution in [3.63, 3.8) is 0 Å². The van der Waals surface area contributed by atoms with Crippen LogP contribution in [0.4, 0.5) is 10.5 Å². The van der Waals surface area contributed by atoms with Crippen LogP contribution in [0.1, 0.15) is 13.8 Å². The molecule has 0 bridgehead atoms. The monoisotopic (exact) mass is 341 g/mol. The first-order valence-electron chi connectivity index (χ1n) is 7.36. The van der Waals surface area contributed by atoms with Gasteiger partial charge in [0.15, 0.2) is 0 Å². The van der Waals surface area contributed by atoms with Crippen LogP contribution in [-0.2, 0) is 4.84 Å². The summed E-state index contributed by atoms with van der Waals surface area (Å²) in [4.78, 5) is 20.9. The highest BCUT2D eigenvalue weighted by atomic mass is 35.5. The second-order valence-corrected chi connectivity index (χ2v) is 5.08. The Morgan fingerprint density at radius 1 is 1.22 bits per heavy atom. The summed E-state index contributed by atoms with van der Waals surface area (Å²) in [5.41, 5.74) is 0.761. The van der Waals surface area contributed by atoms with E-state index in [1.54, 1.807) is 44.4 Å². The zero-order valence-electron chi connectivity index (χ0n) is 14.2. The number of halogens is 1. The van der Waals surface area contributed by atoms with E-state index in [-0.39, 0.29) is 6.03 Å². The molecule has 0 saturated heterocycles. The maximum Gasteiger partial charge on any atom is 0.328 e. The van der Waals surface area contributed by atoms with E-state index in [1.807, 2.05) is 26.0 Å². The zero-order valence-corrected chi connectivity index (χ0v) is 15.0. The molecule has 0 aromatic heterocycles. The number of hydrogen-bond acceptors (Lipinski definition) is 4. The van der Waals surface area contributed by atoms with Crippen molar-refractivity contribution in [3.05, 3.63) is 35.6 Å². The number of urea groups is 1. The fourth-order valence-electron chi connectivity index (χ4n) is 1.86. The van der Waals surface area contributed by atoms with E-state index < -0.39 is 0 Å². The molecule has 1 aromatic rings. The van der Waals surface area contributed by atoms with Gasteiger partial charge in [0.25, 0.3) is 0 Å². The van der Waals surface area contributed by atoms with Gasteiger partial charge < -0.3 is 4.74 Å². The van der Waals surface area contributed by atoms with Crippen molar-refractivity contribution in [1.29, 1.82) is 0 Å². The van der Waals surface area contributed by atoms with Gasteiger partial charge in [-0.2, -0.15) is 0 Å². The summed E-state index contributed by atoms with van der Waals surface area (Å²) in [7, 11) is 5.00. The van der Waals surface area contributed by atoms with Crippen molar-refractivity contribution >= 4 is 23.3 Å². The Morgan fingerprint density at radius 2 is 1.83 bits per heavy atom. The van der Waals surface area contributed by atoms with Crippen LogP contribution >= 0.6 is 11.6 Å². The smallest absolute Gasteiger partial charge is 0.328 e. The van der Waals surface area contributed by atoms with Crippen molar-refractivity contribution in [1.82, 2.24) is 9.96 Å². The van der Waals surface area contributed by atoms with E-state index in [0.717, 1.165) is 11.4 Å². The third kappa shape index (κ3) is 5.33. The summed E-state index contributed by atoms with van der Waals surface area (Å²) < 4.78 is 5.12. The van der Waals surface area contributed by atoms with Crippen LogP contribution in [0, 0.1) is 0 Å². The van der Waals surface area contributed by atoms with Crippen LogP contribution in [0.3, 0.4) is 0 Å². The van der Waals surface area contributed by atoms with E-state index in [2.05, 4.69) is 0 Å². The molecule has 0 unspecified atom stereocenters. The first-order chi connectivity index (χ1) is 10.9. The molecule has 0 saturated carbocycles. The van der Waals surface area contributed by atoms with E-state index in [4.69, 9.17) is 21.2 Å². The number of hydrogen-bond donors (Lipinski definition) is 0. The Kier molecular flexibility index (Phi) is 7.71. The van der Waals surface area contributed by atoms with E-state index >= 15 is 0 Å². The summed E-state index contributed by atoms with van der Waals surface area (Å²) in [5.74, 6) is 0.739. The van der Waals surface area contributed by atoms with Crippen molar-refractivity contribution < 1.29 is 14.4 Å². The number of benzene rings is 1. The highest BCUT2D eigenvalue weighted by Gasteiger charge is 2.17. The number of amides is 2. The van der Waals surface area contributed by atoms with Crippen LogP contribution in [-0.4, -0.2) is 50.4 Å². The van der Waals surface area contributed by atoms with Gasteiger partial charge in [-0.25, -0.2) is 9.86 Å². The van der Waals surface area contributed by atoms with Crippen molar-refractivity contribution in [2.45, 2.75) is 13.8 Å². The molecular formula is C16H24ClN3O3. The van der Waals surface area contributed by atoms with Crippen LogP contribution in [0.5, 0.6) is 5.75 Å². The molecule has 1 rings (SSSR count). The number of methoxy groups -OCH3 is 1. The first-order valence-corrected chi connectivity index (χ1v) is 7.74. The Hall–Kier alpha value is -1.92. The van der Waals surface area contributed by atoms with Gasteiger partial charge in [-0.3, -0.25) is 14.6 Å². The molecule has 0 aliphatic rings. The maximum absolute atomic E-state index is 12.6. The number of rotatable bonds is 7. The summed E-state index contributed by atoms with van der Waals surface area (Å²) in [6.45, 7) is 4.71. The Labute approximate surface area is 142 Å². The largest absolute Gasteiger partial charge is 0.497 e. The Bertz CT molecular complexity index is 534. The summed E-state index contributed by atoms with van der Waals surface area (Å²) in [5, 5.41) is 1.75. The molecule has 1 aromatic carbocycles. The standard InChI is InChI=1S/C16H24ClN3O3/c1-6-20(12-15(17)19(4)23-7-2)16(21)18(3)13-8-10-14(22-5)11-9-13/h8-12H,6-7H2,1-5H3/b15-12-. The quantitative estimate of drug-likeness (QED) is 0.562.